The van der Waals surface area contributed by atoms with Crippen LogP contribution in [-0.4, -0.2) is 17.2 Å². The van der Waals surface area contributed by atoms with E-state index in [1.54, 1.807) is 0 Å². The third kappa shape index (κ3) is 3.96. The second-order valence-electron chi connectivity index (χ2n) is 3.87. The van der Waals surface area contributed by atoms with E-state index >= 15 is 0 Å². The van der Waals surface area contributed by atoms with E-state index in [2.05, 4.69) is 10.5 Å². The molecular weight excluding hydrogens is 319 g/mol. The average molecular weight is 329 g/mol. The Morgan fingerprint density at radius 3 is 2.95 bits per heavy atom. The minimum Gasteiger partial charge on any atom is -0.506 e. The summed E-state index contributed by atoms with van der Waals surface area (Å²) in [7, 11) is 0. The molecule has 1 heterocycles. The molecule has 0 fully saturated rings. The van der Waals surface area contributed by atoms with Crippen molar-refractivity contribution in [2.75, 3.05) is 0 Å². The topological polar surface area (TPSA) is 61.7 Å². The summed E-state index contributed by atoms with van der Waals surface area (Å²) in [6.07, 6.45) is 1.55. The lowest BCUT2D eigenvalue weighted by Crippen LogP contribution is -2.19. The molecule has 104 valence electrons. The third-order valence-electron chi connectivity index (χ3n) is 2.37. The molecule has 4 nitrogen and oxygen atoms in total. The fourth-order valence-electron chi connectivity index (χ4n) is 1.47. The van der Waals surface area contributed by atoms with Crippen molar-refractivity contribution in [1.82, 2.24) is 5.43 Å². The van der Waals surface area contributed by atoms with Gasteiger partial charge in [0.05, 0.1) is 17.7 Å². The van der Waals surface area contributed by atoms with E-state index in [0.29, 0.717) is 10.6 Å². The first-order chi connectivity index (χ1) is 9.56. The molecular formula is C13H10Cl2N2O2S. The lowest BCUT2D eigenvalue weighted by Gasteiger charge is -2.02. The maximum absolute atomic E-state index is 11.6. The molecule has 20 heavy (non-hydrogen) atoms. The van der Waals surface area contributed by atoms with Gasteiger partial charge in [-0.2, -0.15) is 5.10 Å². The Bertz CT molecular complexity index is 642. The molecule has 0 saturated carbocycles. The van der Waals surface area contributed by atoms with Crippen LogP contribution in [0.1, 0.15) is 10.4 Å². The normalized spacial score (nSPS) is 10.9. The smallest absolute Gasteiger partial charge is 0.245 e. The fourth-order valence-corrected chi connectivity index (χ4v) is 2.68. The van der Waals surface area contributed by atoms with Gasteiger partial charge >= 0.3 is 0 Å². The van der Waals surface area contributed by atoms with Crippen molar-refractivity contribution in [3.05, 3.63) is 50.1 Å². The van der Waals surface area contributed by atoms with E-state index in [0.717, 1.165) is 4.88 Å². The molecule has 0 aliphatic heterocycles. The second-order valence-corrected chi connectivity index (χ2v) is 5.75. The van der Waals surface area contributed by atoms with Gasteiger partial charge < -0.3 is 5.11 Å². The summed E-state index contributed by atoms with van der Waals surface area (Å²) in [6, 6.07) is 6.67. The number of nitrogens with one attached hydrogen (secondary N) is 1. The Labute approximate surface area is 129 Å². The number of rotatable bonds is 4. The largest absolute Gasteiger partial charge is 0.506 e. The van der Waals surface area contributed by atoms with E-state index in [4.69, 9.17) is 23.2 Å². The predicted octanol–water partition coefficient (Wildman–Crippen LogP) is 3.45. The number of benzene rings is 1. The molecule has 0 radical (unpaired) electrons. The van der Waals surface area contributed by atoms with Crippen LogP contribution in [0.15, 0.2) is 34.7 Å². The summed E-state index contributed by atoms with van der Waals surface area (Å²) in [4.78, 5) is 12.5. The van der Waals surface area contributed by atoms with Gasteiger partial charge in [0.25, 0.3) is 0 Å². The standard InChI is InChI=1S/C13H10Cl2N2O2S/c14-9-4-8(13(19)11(15)5-9)7-16-17-12(18)6-10-2-1-3-20-10/h1-5,7,19H,6H2,(H,17,18). The average Bonchev–Trinajstić information content (AvgIpc) is 2.87. The van der Waals surface area contributed by atoms with Crippen LogP contribution >= 0.6 is 34.5 Å². The number of aromatic hydroxyl groups is 1. The van der Waals surface area contributed by atoms with Crippen molar-refractivity contribution in [1.29, 1.82) is 0 Å². The van der Waals surface area contributed by atoms with E-state index in [1.165, 1.54) is 29.7 Å². The number of nitrogens with zero attached hydrogens (tertiary/aromatic N) is 1. The molecule has 2 rings (SSSR count). The van der Waals surface area contributed by atoms with Crippen LogP contribution in [0.2, 0.25) is 10.0 Å². The Morgan fingerprint density at radius 1 is 1.45 bits per heavy atom. The number of phenolic OH excluding ortho intramolecular Hbond substituents is 1. The van der Waals surface area contributed by atoms with Crippen LogP contribution in [0.4, 0.5) is 0 Å². The monoisotopic (exact) mass is 328 g/mol. The number of hydrogen-bond donors (Lipinski definition) is 2. The van der Waals surface area contributed by atoms with Crippen molar-refractivity contribution in [3.8, 4) is 5.75 Å². The number of carbonyl (C=O) groups is 1. The number of carbonyl (C=O) groups excluding carboxylic acids is 1. The zero-order valence-electron chi connectivity index (χ0n) is 10.1. The molecule has 1 aromatic carbocycles. The zero-order valence-corrected chi connectivity index (χ0v) is 12.5. The zero-order chi connectivity index (χ0) is 14.5. The maximum atomic E-state index is 11.6. The van der Waals surface area contributed by atoms with Crippen molar-refractivity contribution in [3.63, 3.8) is 0 Å². The molecule has 0 bridgehead atoms. The number of thiophene rings is 1. The first-order valence-electron chi connectivity index (χ1n) is 5.58. The summed E-state index contributed by atoms with van der Waals surface area (Å²) in [5, 5.41) is 15.9. The van der Waals surface area contributed by atoms with Crippen LogP contribution in [0.25, 0.3) is 0 Å². The van der Waals surface area contributed by atoms with Gasteiger partial charge in [0.15, 0.2) is 0 Å². The van der Waals surface area contributed by atoms with Gasteiger partial charge in [-0.15, -0.1) is 11.3 Å². The summed E-state index contributed by atoms with van der Waals surface area (Å²) in [6.45, 7) is 0. The van der Waals surface area contributed by atoms with Crippen molar-refractivity contribution < 1.29 is 9.90 Å². The van der Waals surface area contributed by atoms with E-state index < -0.39 is 0 Å². The number of hydrogen-bond acceptors (Lipinski definition) is 4. The molecule has 1 amide bonds. The van der Waals surface area contributed by atoms with Crippen LogP contribution < -0.4 is 5.43 Å². The van der Waals surface area contributed by atoms with Crippen LogP contribution in [0, 0.1) is 0 Å². The highest BCUT2D eigenvalue weighted by Crippen LogP contribution is 2.29. The van der Waals surface area contributed by atoms with Gasteiger partial charge in [-0.1, -0.05) is 29.3 Å². The summed E-state index contributed by atoms with van der Waals surface area (Å²) >= 11 is 13.1. The SMILES string of the molecule is O=C(Cc1cccs1)NN=Cc1cc(Cl)cc(Cl)c1O. The number of halogens is 2. The van der Waals surface area contributed by atoms with Crippen molar-refractivity contribution >= 4 is 46.7 Å². The highest BCUT2D eigenvalue weighted by Gasteiger charge is 2.06. The molecule has 0 aliphatic carbocycles. The predicted molar refractivity (Wildman–Crippen MR) is 81.9 cm³/mol. The second kappa shape index (κ2) is 6.74. The van der Waals surface area contributed by atoms with Crippen LogP contribution in [-0.2, 0) is 11.2 Å². The van der Waals surface area contributed by atoms with Gasteiger partial charge in [-0.05, 0) is 23.6 Å². The highest BCUT2D eigenvalue weighted by molar-refractivity contribution is 7.10. The molecule has 0 spiro atoms. The Balaban J connectivity index is 1.98. The van der Waals surface area contributed by atoms with Crippen molar-refractivity contribution in [2.45, 2.75) is 6.42 Å². The summed E-state index contributed by atoms with van der Waals surface area (Å²) in [5.74, 6) is -0.372. The van der Waals surface area contributed by atoms with E-state index in [9.17, 15) is 9.90 Å². The minimum atomic E-state index is -0.240. The fraction of sp³-hybridized carbons (Fsp3) is 0.0769. The lowest BCUT2D eigenvalue weighted by atomic mass is 10.2. The summed E-state index contributed by atoms with van der Waals surface area (Å²) in [5.41, 5.74) is 2.71. The molecule has 0 saturated heterocycles. The molecule has 0 atom stereocenters. The lowest BCUT2D eigenvalue weighted by molar-refractivity contribution is -0.120. The molecule has 1 aromatic heterocycles. The van der Waals surface area contributed by atoms with Gasteiger partial charge in [0, 0.05) is 15.5 Å². The highest BCUT2D eigenvalue weighted by atomic mass is 35.5. The first kappa shape index (κ1) is 14.8. The first-order valence-corrected chi connectivity index (χ1v) is 7.22. The molecule has 7 heteroatoms. The van der Waals surface area contributed by atoms with Crippen LogP contribution in [0.3, 0.4) is 0 Å². The minimum absolute atomic E-state index is 0.129. The van der Waals surface area contributed by atoms with Crippen LogP contribution in [0.5, 0.6) is 5.75 Å². The van der Waals surface area contributed by atoms with E-state index in [-0.39, 0.29) is 23.1 Å². The maximum Gasteiger partial charge on any atom is 0.245 e. The molecule has 2 N–H and O–H groups in total. The molecule has 2 aromatic rings. The Hall–Kier alpha value is -1.56. The van der Waals surface area contributed by atoms with Gasteiger partial charge in [-0.3, -0.25) is 4.79 Å². The number of phenols is 1. The summed E-state index contributed by atoms with van der Waals surface area (Å²) < 4.78 is 0. The Morgan fingerprint density at radius 2 is 2.25 bits per heavy atom. The quantitative estimate of drug-likeness (QED) is 0.667. The van der Waals surface area contributed by atoms with Gasteiger partial charge in [0.1, 0.15) is 5.75 Å². The van der Waals surface area contributed by atoms with Crippen molar-refractivity contribution in [2.24, 2.45) is 5.10 Å². The number of amides is 1. The van der Waals surface area contributed by atoms with Gasteiger partial charge in [0.2, 0.25) is 5.91 Å². The third-order valence-corrected chi connectivity index (χ3v) is 3.75. The molecule has 0 aliphatic rings. The number of hydrazone groups is 1. The Kier molecular flexibility index (Phi) is 5.00. The van der Waals surface area contributed by atoms with E-state index in [1.807, 2.05) is 17.5 Å². The van der Waals surface area contributed by atoms with Gasteiger partial charge in [-0.25, -0.2) is 5.43 Å². The molecule has 0 unspecified atom stereocenters.